The van der Waals surface area contributed by atoms with Crippen LogP contribution in [0.15, 0.2) is 0 Å². The van der Waals surface area contributed by atoms with Crippen molar-refractivity contribution in [1.82, 2.24) is 0 Å². The maximum atomic E-state index is 8.28. The molecule has 0 atom stereocenters. The molecule has 0 aromatic rings. The molecule has 0 saturated heterocycles. The molecule has 0 fully saturated rings. The second kappa shape index (κ2) is 9.81. The van der Waals surface area contributed by atoms with Crippen molar-refractivity contribution in [3.05, 3.63) is 0 Å². The van der Waals surface area contributed by atoms with Crippen LogP contribution in [0.5, 0.6) is 0 Å². The van der Waals surface area contributed by atoms with Crippen LogP contribution in [0.1, 0.15) is 0 Å². The number of hydrogen-bond donors (Lipinski definition) is 0. The predicted molar refractivity (Wildman–Crippen MR) is 32.3 cm³/mol. The van der Waals surface area contributed by atoms with E-state index in [1.165, 1.54) is 0 Å². The quantitative estimate of drug-likeness (QED) is 0.413. The topological polar surface area (TPSA) is 17.1 Å². The molecule has 6 heavy (non-hydrogen) atoms. The summed E-state index contributed by atoms with van der Waals surface area (Å²) in [6, 6.07) is 0. The van der Waals surface area contributed by atoms with Gasteiger partial charge in [0.2, 0.25) is 0 Å². The first-order valence-corrected chi connectivity index (χ1v) is 5.43. The van der Waals surface area contributed by atoms with E-state index >= 15 is 0 Å². The van der Waals surface area contributed by atoms with Crippen LogP contribution in [-0.2, 0) is 3.80 Å². The molecule has 0 saturated carbocycles. The van der Waals surface area contributed by atoms with E-state index in [0.29, 0.717) is 16.2 Å². The third kappa shape index (κ3) is 45.4. The fourth-order valence-electron chi connectivity index (χ4n) is 0. The zero-order chi connectivity index (χ0) is 5.58. The minimum absolute atomic E-state index is 0.611. The second-order valence-corrected chi connectivity index (χ2v) is 5.17. The molecule has 6 heteroatoms. The monoisotopic (exact) mass is 180 g/mol. The Morgan fingerprint density at radius 1 is 1.17 bits per heavy atom. The van der Waals surface area contributed by atoms with Crippen LogP contribution in [-0.4, -0.2) is 16.2 Å². The van der Waals surface area contributed by atoms with E-state index < -0.39 is 5.98 Å². The molecule has 0 radical (unpaired) electrons. The third-order valence-corrected chi connectivity index (χ3v) is 0. The number of hydrogen-bond acceptors (Lipinski definition) is 1. The van der Waals surface area contributed by atoms with E-state index in [4.69, 9.17) is 37.5 Å². The molecule has 1 nitrogen and oxygen atoms in total. The van der Waals surface area contributed by atoms with Crippen molar-refractivity contribution < 1.29 is 3.80 Å². The van der Waals surface area contributed by atoms with Crippen LogP contribution in [0.25, 0.3) is 0 Å². The molecule has 0 aliphatic heterocycles. The molecule has 0 amide bonds. The summed E-state index contributed by atoms with van der Waals surface area (Å²) in [5.74, 6) is -1.20. The summed E-state index contributed by atoms with van der Waals surface area (Å²) in [4.78, 5) is 0. The summed E-state index contributed by atoms with van der Waals surface area (Å²) in [5, 5.41) is 0. The van der Waals surface area contributed by atoms with Crippen molar-refractivity contribution >= 4 is 55.9 Å². The molecule has 0 heterocycles. The number of halogens is 3. The van der Waals surface area contributed by atoms with E-state index in [2.05, 4.69) is 0 Å². The van der Waals surface area contributed by atoms with E-state index in [-0.39, 0.29) is 0 Å². The minimum atomic E-state index is -1.20. The Labute approximate surface area is 59.7 Å². The van der Waals surface area contributed by atoms with Crippen LogP contribution in [0.4, 0.5) is 0 Å². The molecule has 0 N–H and O–H groups in total. The van der Waals surface area contributed by atoms with Crippen molar-refractivity contribution in [2.24, 2.45) is 0 Å². The summed E-state index contributed by atoms with van der Waals surface area (Å²) in [7, 11) is 0. The molecule has 0 aliphatic carbocycles. The maximum absolute atomic E-state index is 8.28. The zero-order valence-corrected chi connectivity index (χ0v) is 7.27. The summed E-state index contributed by atoms with van der Waals surface area (Å²) >= 11 is 15.2. The van der Waals surface area contributed by atoms with Gasteiger partial charge in [-0.25, -0.2) is 0 Å². The van der Waals surface area contributed by atoms with Crippen molar-refractivity contribution in [3.63, 3.8) is 0 Å². The summed E-state index contributed by atoms with van der Waals surface area (Å²) in [6.07, 6.45) is 0. The molecule has 0 aliphatic rings. The molecule has 0 spiro atoms. The Hall–Kier alpha value is 1.63. The SMILES string of the molecule is ClP(Cl)Cl.[O]=[AlH]. The zero-order valence-electron chi connectivity index (χ0n) is 2.70. The summed E-state index contributed by atoms with van der Waals surface area (Å²) in [6.45, 7) is 0. The molecule has 0 unspecified atom stereocenters. The normalized spacial score (nSPS) is 6.50. The van der Waals surface area contributed by atoms with E-state index in [1.807, 2.05) is 0 Å². The van der Waals surface area contributed by atoms with Crippen LogP contribution in [0.2, 0.25) is 0 Å². The Balaban J connectivity index is 0. The Bertz CT molecular complexity index is 22.0. The van der Waals surface area contributed by atoms with Crippen LogP contribution >= 0.6 is 39.7 Å². The van der Waals surface area contributed by atoms with Crippen LogP contribution in [0, 0.1) is 0 Å². The summed E-state index contributed by atoms with van der Waals surface area (Å²) < 4.78 is 8.28. The van der Waals surface area contributed by atoms with Gasteiger partial charge in [-0.2, -0.15) is 0 Å². The van der Waals surface area contributed by atoms with Crippen molar-refractivity contribution in [1.29, 1.82) is 0 Å². The van der Waals surface area contributed by atoms with Gasteiger partial charge < -0.3 is 0 Å². The van der Waals surface area contributed by atoms with Crippen LogP contribution < -0.4 is 0 Å². The average molecular weight is 181 g/mol. The van der Waals surface area contributed by atoms with Gasteiger partial charge in [-0.15, -0.1) is 0 Å². The Morgan fingerprint density at radius 3 is 1.17 bits per heavy atom. The van der Waals surface area contributed by atoms with Gasteiger partial charge >= 0.3 is 20.0 Å². The molecule has 0 rings (SSSR count). The standard InChI is InChI=1S/Al.Cl3P.O.H/c;1-4(2)3;;. The number of rotatable bonds is 0. The first kappa shape index (κ1) is 10.6. The van der Waals surface area contributed by atoms with E-state index in [1.54, 1.807) is 0 Å². The van der Waals surface area contributed by atoms with E-state index in [0.717, 1.165) is 0 Å². The third-order valence-electron chi connectivity index (χ3n) is 0. The van der Waals surface area contributed by atoms with Gasteiger partial charge in [0.15, 0.2) is 5.98 Å². The molecule has 0 aromatic heterocycles. The molecule has 0 aromatic carbocycles. The summed E-state index contributed by atoms with van der Waals surface area (Å²) in [5.41, 5.74) is 0. The van der Waals surface area contributed by atoms with Gasteiger partial charge in [0.25, 0.3) is 0 Å². The first-order valence-electron chi connectivity index (χ1n) is 0.796. The van der Waals surface area contributed by atoms with Crippen molar-refractivity contribution in [2.45, 2.75) is 0 Å². The average Bonchev–Trinajstić information content (AvgIpc) is 1.41. The Morgan fingerprint density at radius 2 is 1.17 bits per heavy atom. The van der Waals surface area contributed by atoms with Gasteiger partial charge in [-0.1, -0.05) is 33.7 Å². The second-order valence-electron chi connectivity index (χ2n) is 0.192. The molecular weight excluding hydrogens is 180 g/mol. The predicted octanol–water partition coefficient (Wildman–Crippen LogP) is 2.16. The molecule has 36 valence electrons. The van der Waals surface area contributed by atoms with Gasteiger partial charge in [0, 0.05) is 0 Å². The van der Waals surface area contributed by atoms with Gasteiger partial charge in [0.05, 0.1) is 0 Å². The molecule has 0 bridgehead atoms. The van der Waals surface area contributed by atoms with E-state index in [9.17, 15) is 0 Å². The first-order chi connectivity index (χ1) is 2.73. The van der Waals surface area contributed by atoms with Crippen molar-refractivity contribution in [3.8, 4) is 0 Å². The van der Waals surface area contributed by atoms with Gasteiger partial charge in [0.1, 0.15) is 0 Å². The molecular formula is HAlCl3OP. The van der Waals surface area contributed by atoms with Gasteiger partial charge in [-0.05, 0) is 0 Å². The van der Waals surface area contributed by atoms with Gasteiger partial charge in [-0.3, -0.25) is 0 Å². The fourth-order valence-corrected chi connectivity index (χ4v) is 0. The Kier molecular flexibility index (Phi) is 17.3. The van der Waals surface area contributed by atoms with Crippen molar-refractivity contribution in [2.75, 3.05) is 0 Å². The van der Waals surface area contributed by atoms with Crippen LogP contribution in [0.3, 0.4) is 0 Å². The fraction of sp³-hybridized carbons (Fsp3) is 0.